The van der Waals surface area contributed by atoms with Gasteiger partial charge in [0.1, 0.15) is 12.3 Å². The molecular formula is C23H38IN5O3. The number of likely N-dealkylation sites (tertiary alicyclic amines) is 1. The quantitative estimate of drug-likeness (QED) is 0.290. The molecule has 0 radical (unpaired) electrons. The molecular weight excluding hydrogens is 521 g/mol. The summed E-state index contributed by atoms with van der Waals surface area (Å²) in [6, 6.07) is 8.21. The number of halogens is 1. The van der Waals surface area contributed by atoms with Crippen LogP contribution in [0.25, 0.3) is 0 Å². The average molecular weight is 559 g/mol. The van der Waals surface area contributed by atoms with Gasteiger partial charge in [-0.1, -0.05) is 26.0 Å². The van der Waals surface area contributed by atoms with Crippen LogP contribution in [0.2, 0.25) is 0 Å². The van der Waals surface area contributed by atoms with Crippen molar-refractivity contribution in [3.05, 3.63) is 29.8 Å². The molecule has 2 rings (SSSR count). The molecule has 1 fully saturated rings. The van der Waals surface area contributed by atoms with Gasteiger partial charge < -0.3 is 25.2 Å². The van der Waals surface area contributed by atoms with Gasteiger partial charge in [0.05, 0.1) is 7.11 Å². The van der Waals surface area contributed by atoms with Crippen LogP contribution in [0, 0.1) is 5.92 Å². The second-order valence-corrected chi connectivity index (χ2v) is 8.38. The Balaban J connectivity index is 0.00000512. The lowest BCUT2D eigenvalue weighted by atomic mass is 10.0. The fourth-order valence-electron chi connectivity index (χ4n) is 3.36. The average Bonchev–Trinajstić information content (AvgIpc) is 2.77. The number of amides is 2. The van der Waals surface area contributed by atoms with Gasteiger partial charge in [0.15, 0.2) is 5.96 Å². The number of ether oxygens (including phenoxy) is 1. The van der Waals surface area contributed by atoms with E-state index in [0.717, 1.165) is 38.1 Å². The molecule has 1 aromatic rings. The first-order valence-corrected chi connectivity index (χ1v) is 11.0. The van der Waals surface area contributed by atoms with Gasteiger partial charge in [-0.2, -0.15) is 0 Å². The van der Waals surface area contributed by atoms with Crippen molar-refractivity contribution >= 4 is 41.8 Å². The summed E-state index contributed by atoms with van der Waals surface area (Å²) in [5.41, 5.74) is 1.19. The SMILES string of the molecule is COc1ccc(CCNC(=NCC(=O)N(C)C)NC2CCN(C(=O)C(C)C)CC2)cc1.I. The van der Waals surface area contributed by atoms with Gasteiger partial charge in [0.25, 0.3) is 0 Å². The maximum Gasteiger partial charge on any atom is 0.243 e. The van der Waals surface area contributed by atoms with Crippen LogP contribution in [0.1, 0.15) is 32.3 Å². The summed E-state index contributed by atoms with van der Waals surface area (Å²) in [7, 11) is 5.11. The number of nitrogens with zero attached hydrogens (tertiary/aromatic N) is 3. The first-order chi connectivity index (χ1) is 14.8. The van der Waals surface area contributed by atoms with Gasteiger partial charge in [0, 0.05) is 45.7 Å². The van der Waals surface area contributed by atoms with Gasteiger partial charge in [-0.25, -0.2) is 4.99 Å². The lowest BCUT2D eigenvalue weighted by molar-refractivity contribution is -0.135. The van der Waals surface area contributed by atoms with E-state index < -0.39 is 0 Å². The third-order valence-corrected chi connectivity index (χ3v) is 5.38. The molecule has 1 heterocycles. The van der Waals surface area contributed by atoms with Gasteiger partial charge in [-0.15, -0.1) is 24.0 Å². The number of nitrogens with one attached hydrogen (secondary N) is 2. The van der Waals surface area contributed by atoms with Crippen LogP contribution in [0.5, 0.6) is 5.75 Å². The summed E-state index contributed by atoms with van der Waals surface area (Å²) >= 11 is 0. The van der Waals surface area contributed by atoms with E-state index in [1.807, 2.05) is 43.0 Å². The van der Waals surface area contributed by atoms with Crippen LogP contribution in [0.3, 0.4) is 0 Å². The fraction of sp³-hybridized carbons (Fsp3) is 0.609. The molecule has 2 amide bonds. The molecule has 1 saturated heterocycles. The molecule has 8 nitrogen and oxygen atoms in total. The van der Waals surface area contributed by atoms with Crippen LogP contribution in [-0.4, -0.2) is 81.0 Å². The summed E-state index contributed by atoms with van der Waals surface area (Å²) < 4.78 is 5.20. The molecule has 1 aliphatic rings. The van der Waals surface area contributed by atoms with Crippen molar-refractivity contribution in [2.45, 2.75) is 39.2 Å². The highest BCUT2D eigenvalue weighted by Crippen LogP contribution is 2.14. The summed E-state index contributed by atoms with van der Waals surface area (Å²) in [5.74, 6) is 1.66. The largest absolute Gasteiger partial charge is 0.497 e. The second-order valence-electron chi connectivity index (χ2n) is 8.38. The van der Waals surface area contributed by atoms with Gasteiger partial charge in [0.2, 0.25) is 11.8 Å². The minimum absolute atomic E-state index is 0. The van der Waals surface area contributed by atoms with Gasteiger partial charge in [-0.05, 0) is 37.0 Å². The maximum atomic E-state index is 12.2. The Morgan fingerprint density at radius 3 is 2.34 bits per heavy atom. The Morgan fingerprint density at radius 1 is 1.19 bits per heavy atom. The molecule has 0 aliphatic carbocycles. The number of carbonyl (C=O) groups is 2. The van der Waals surface area contributed by atoms with E-state index in [1.165, 1.54) is 10.5 Å². The Morgan fingerprint density at radius 2 is 1.81 bits per heavy atom. The molecule has 0 spiro atoms. The monoisotopic (exact) mass is 559 g/mol. The van der Waals surface area contributed by atoms with E-state index in [4.69, 9.17) is 4.74 Å². The minimum Gasteiger partial charge on any atom is -0.497 e. The van der Waals surface area contributed by atoms with E-state index in [9.17, 15) is 9.59 Å². The Kier molecular flexibility index (Phi) is 12.4. The summed E-state index contributed by atoms with van der Waals surface area (Å²) in [4.78, 5) is 32.1. The van der Waals surface area contributed by atoms with Crippen LogP contribution in [0.4, 0.5) is 0 Å². The van der Waals surface area contributed by atoms with Gasteiger partial charge in [-0.3, -0.25) is 9.59 Å². The molecule has 2 N–H and O–H groups in total. The van der Waals surface area contributed by atoms with E-state index in [-0.39, 0.29) is 54.3 Å². The molecule has 180 valence electrons. The van der Waals surface area contributed by atoms with Crippen LogP contribution < -0.4 is 15.4 Å². The highest BCUT2D eigenvalue weighted by molar-refractivity contribution is 14.0. The normalized spacial score (nSPS) is 14.6. The number of benzene rings is 1. The minimum atomic E-state index is -0.0476. The molecule has 0 atom stereocenters. The fourth-order valence-corrected chi connectivity index (χ4v) is 3.36. The molecule has 9 heteroatoms. The van der Waals surface area contributed by atoms with Crippen molar-refractivity contribution in [3.8, 4) is 5.75 Å². The van der Waals surface area contributed by atoms with Crippen LogP contribution in [0.15, 0.2) is 29.3 Å². The third kappa shape index (κ3) is 9.22. The number of piperidine rings is 1. The number of hydrogen-bond acceptors (Lipinski definition) is 4. The van der Waals surface area contributed by atoms with Crippen LogP contribution >= 0.6 is 24.0 Å². The lowest BCUT2D eigenvalue weighted by Crippen LogP contribution is -2.50. The Bertz CT molecular complexity index is 745. The summed E-state index contributed by atoms with van der Waals surface area (Å²) in [6.45, 7) is 6.14. The van der Waals surface area contributed by atoms with Crippen molar-refractivity contribution in [1.82, 2.24) is 20.4 Å². The molecule has 0 saturated carbocycles. The smallest absolute Gasteiger partial charge is 0.243 e. The van der Waals surface area contributed by atoms with Crippen molar-refractivity contribution in [2.75, 3.05) is 47.4 Å². The number of likely N-dealkylation sites (N-methyl/N-ethyl adjacent to an activating group) is 1. The van der Waals surface area contributed by atoms with Crippen molar-refractivity contribution < 1.29 is 14.3 Å². The van der Waals surface area contributed by atoms with Crippen molar-refractivity contribution in [1.29, 1.82) is 0 Å². The highest BCUT2D eigenvalue weighted by atomic mass is 127. The number of carbonyl (C=O) groups excluding carboxylic acids is 2. The zero-order valence-electron chi connectivity index (χ0n) is 19.9. The molecule has 32 heavy (non-hydrogen) atoms. The Labute approximate surface area is 209 Å². The predicted octanol–water partition coefficient (Wildman–Crippen LogP) is 2.13. The zero-order chi connectivity index (χ0) is 22.8. The standard InChI is InChI=1S/C23H37N5O3.HI/c1-17(2)22(30)28-14-11-19(12-15-28)26-23(25-16-21(29)27(3)4)24-13-10-18-6-8-20(31-5)9-7-18;/h6-9,17,19H,10-16H2,1-5H3,(H2,24,25,26);1H. The Hall–Kier alpha value is -2.04. The molecule has 0 bridgehead atoms. The van der Waals surface area contributed by atoms with Crippen molar-refractivity contribution in [2.24, 2.45) is 10.9 Å². The number of aliphatic imine (C=N–C) groups is 1. The molecule has 0 aromatic heterocycles. The number of guanidine groups is 1. The van der Waals surface area contributed by atoms with E-state index in [0.29, 0.717) is 12.5 Å². The molecule has 1 aromatic carbocycles. The number of hydrogen-bond donors (Lipinski definition) is 2. The zero-order valence-corrected chi connectivity index (χ0v) is 22.2. The first kappa shape index (κ1) is 28.0. The first-order valence-electron chi connectivity index (χ1n) is 11.0. The number of methoxy groups -OCH3 is 1. The van der Waals surface area contributed by atoms with E-state index >= 15 is 0 Å². The topological polar surface area (TPSA) is 86.3 Å². The molecule has 1 aliphatic heterocycles. The third-order valence-electron chi connectivity index (χ3n) is 5.38. The molecule has 0 unspecified atom stereocenters. The second kappa shape index (κ2) is 14.2. The highest BCUT2D eigenvalue weighted by Gasteiger charge is 2.24. The predicted molar refractivity (Wildman–Crippen MR) is 139 cm³/mol. The summed E-state index contributed by atoms with van der Waals surface area (Å²) in [5, 5.41) is 6.80. The lowest BCUT2D eigenvalue weighted by Gasteiger charge is -2.34. The van der Waals surface area contributed by atoms with E-state index in [1.54, 1.807) is 21.2 Å². The van der Waals surface area contributed by atoms with Crippen LogP contribution in [-0.2, 0) is 16.0 Å². The van der Waals surface area contributed by atoms with Gasteiger partial charge >= 0.3 is 0 Å². The number of rotatable bonds is 8. The van der Waals surface area contributed by atoms with Crippen molar-refractivity contribution in [3.63, 3.8) is 0 Å². The summed E-state index contributed by atoms with van der Waals surface area (Å²) in [6.07, 6.45) is 2.55. The maximum absolute atomic E-state index is 12.2. The van der Waals surface area contributed by atoms with E-state index in [2.05, 4.69) is 15.6 Å².